The predicted molar refractivity (Wildman–Crippen MR) is 80.1 cm³/mol. The molecule has 0 unspecified atom stereocenters. The molecule has 0 saturated carbocycles. The molecule has 0 aromatic carbocycles. The zero-order valence-corrected chi connectivity index (χ0v) is 13.5. The van der Waals surface area contributed by atoms with Crippen molar-refractivity contribution in [2.45, 2.75) is 23.8 Å². The molecule has 0 aliphatic heterocycles. The fourth-order valence-corrected chi connectivity index (χ4v) is 3.69. The predicted octanol–water partition coefficient (Wildman–Crippen LogP) is 2.45. The molecule has 0 aliphatic rings. The van der Waals surface area contributed by atoms with E-state index < -0.39 is 10.3 Å². The van der Waals surface area contributed by atoms with Crippen molar-refractivity contribution in [3.63, 3.8) is 0 Å². The molecule has 5 nitrogen and oxygen atoms in total. The topological polar surface area (TPSA) is 64.3 Å². The van der Waals surface area contributed by atoms with Crippen LogP contribution < -0.4 is 0 Å². The number of aryl methyl sites for hydroxylation is 1. The van der Waals surface area contributed by atoms with Crippen LogP contribution in [0.15, 0.2) is 9.92 Å². The van der Waals surface area contributed by atoms with E-state index in [1.165, 1.54) is 11.8 Å². The van der Waals surface area contributed by atoms with Gasteiger partial charge >= 0.3 is 0 Å². The highest BCUT2D eigenvalue weighted by Crippen LogP contribution is 2.33. The van der Waals surface area contributed by atoms with Crippen molar-refractivity contribution >= 4 is 55.8 Å². The quantitative estimate of drug-likeness (QED) is 0.487. The van der Waals surface area contributed by atoms with Gasteiger partial charge in [0.25, 0.3) is 0 Å². The van der Waals surface area contributed by atoms with E-state index in [0.717, 1.165) is 32.6 Å². The molecule has 2 heterocycles. The molecule has 0 saturated heterocycles. The molecule has 2 aromatic heterocycles. The first-order valence-corrected chi connectivity index (χ1v) is 8.75. The van der Waals surface area contributed by atoms with Crippen LogP contribution in [-0.2, 0) is 10.3 Å². The van der Waals surface area contributed by atoms with Crippen LogP contribution in [0.4, 0.5) is 0 Å². The van der Waals surface area contributed by atoms with Gasteiger partial charge in [0.05, 0.1) is 9.59 Å². The first-order chi connectivity index (χ1) is 8.95. The molecule has 0 fully saturated rings. The van der Waals surface area contributed by atoms with Gasteiger partial charge in [-0.2, -0.15) is 13.5 Å². The molecule has 2 aromatic rings. The lowest BCUT2D eigenvalue weighted by molar-refractivity contribution is 0.627. The molecular formula is C10H10ClN3O2S3. The molecule has 2 rings (SSSR count). The summed E-state index contributed by atoms with van der Waals surface area (Å²) in [5, 5.41) is 5.39. The first kappa shape index (κ1) is 14.7. The Morgan fingerprint density at radius 3 is 2.63 bits per heavy atom. The SMILES string of the molecule is CSc1c(SC=S(=O)=O)nn2c(Cl)c(C)c(C)nc12. The fourth-order valence-electron chi connectivity index (χ4n) is 1.50. The maximum absolute atomic E-state index is 10.6. The van der Waals surface area contributed by atoms with Crippen molar-refractivity contribution in [1.29, 1.82) is 0 Å². The molecule has 0 N–H and O–H groups in total. The summed E-state index contributed by atoms with van der Waals surface area (Å²) in [5.74, 6) is 0. The third kappa shape index (κ3) is 2.76. The van der Waals surface area contributed by atoms with Gasteiger partial charge in [-0.1, -0.05) is 23.4 Å². The van der Waals surface area contributed by atoms with E-state index in [4.69, 9.17) is 11.6 Å². The molecule has 102 valence electrons. The van der Waals surface area contributed by atoms with Gasteiger partial charge in [0.1, 0.15) is 10.2 Å². The summed E-state index contributed by atoms with van der Waals surface area (Å²) in [6.45, 7) is 3.75. The minimum absolute atomic E-state index is 0.493. The van der Waals surface area contributed by atoms with Gasteiger partial charge in [-0.05, 0) is 20.1 Å². The Morgan fingerprint density at radius 1 is 1.37 bits per heavy atom. The zero-order valence-electron chi connectivity index (χ0n) is 10.3. The van der Waals surface area contributed by atoms with Gasteiger partial charge in [-0.25, -0.2) is 9.50 Å². The number of halogens is 1. The van der Waals surface area contributed by atoms with Gasteiger partial charge in [0, 0.05) is 11.3 Å². The Balaban J connectivity index is 2.74. The number of rotatable bonds is 3. The Labute approximate surface area is 125 Å². The molecule has 0 spiro atoms. The van der Waals surface area contributed by atoms with Crippen LogP contribution in [0.25, 0.3) is 5.65 Å². The monoisotopic (exact) mass is 335 g/mol. The molecular weight excluding hydrogens is 326 g/mol. The number of hydrogen-bond donors (Lipinski definition) is 0. The number of hydrogen-bond acceptors (Lipinski definition) is 6. The van der Waals surface area contributed by atoms with Gasteiger partial charge in [0.2, 0.25) is 10.3 Å². The van der Waals surface area contributed by atoms with Crippen LogP contribution >= 0.6 is 35.1 Å². The fraction of sp³-hybridized carbons (Fsp3) is 0.300. The number of aromatic nitrogens is 3. The van der Waals surface area contributed by atoms with Crippen molar-refractivity contribution in [3.05, 3.63) is 16.4 Å². The van der Waals surface area contributed by atoms with Gasteiger partial charge in [-0.15, -0.1) is 11.8 Å². The lowest BCUT2D eigenvalue weighted by Gasteiger charge is -2.04. The highest BCUT2D eigenvalue weighted by Gasteiger charge is 2.17. The van der Waals surface area contributed by atoms with Crippen LogP contribution in [0.1, 0.15) is 11.3 Å². The maximum Gasteiger partial charge on any atom is 0.220 e. The second-order valence-electron chi connectivity index (χ2n) is 3.66. The Morgan fingerprint density at radius 2 is 2.05 bits per heavy atom. The number of thioether (sulfide) groups is 2. The van der Waals surface area contributed by atoms with E-state index in [1.807, 2.05) is 20.1 Å². The summed E-state index contributed by atoms with van der Waals surface area (Å²) in [6.07, 6.45) is 1.89. The van der Waals surface area contributed by atoms with Crippen LogP contribution in [0.5, 0.6) is 0 Å². The molecule has 0 aliphatic carbocycles. The molecule has 0 radical (unpaired) electrons. The Hall–Kier alpha value is -0.700. The molecule has 19 heavy (non-hydrogen) atoms. The zero-order chi connectivity index (χ0) is 14.2. The van der Waals surface area contributed by atoms with Crippen molar-refractivity contribution in [2.75, 3.05) is 6.26 Å². The summed E-state index contributed by atoms with van der Waals surface area (Å²) < 4.78 is 23.8. The van der Waals surface area contributed by atoms with Crippen molar-refractivity contribution in [1.82, 2.24) is 14.6 Å². The van der Waals surface area contributed by atoms with E-state index in [9.17, 15) is 8.42 Å². The second kappa shape index (κ2) is 5.74. The van der Waals surface area contributed by atoms with Gasteiger partial charge in [0.15, 0.2) is 5.65 Å². The van der Waals surface area contributed by atoms with E-state index in [2.05, 4.69) is 10.1 Å². The standard InChI is InChI=1S/C10H10ClN3O2S3/c1-5-6(2)12-9-7(17-3)10(18-4-19(15)16)13-14(9)8(5)11/h4H,1-3H3. The van der Waals surface area contributed by atoms with E-state index in [1.54, 1.807) is 4.52 Å². The molecule has 9 heteroatoms. The third-order valence-corrected chi connectivity index (χ3v) is 5.42. The third-order valence-electron chi connectivity index (χ3n) is 2.54. The van der Waals surface area contributed by atoms with Crippen LogP contribution in [0, 0.1) is 13.8 Å². The van der Waals surface area contributed by atoms with Gasteiger partial charge < -0.3 is 0 Å². The lowest BCUT2D eigenvalue weighted by Crippen LogP contribution is -1.98. The average molecular weight is 336 g/mol. The average Bonchev–Trinajstić information content (AvgIpc) is 2.71. The molecule has 0 amide bonds. The van der Waals surface area contributed by atoms with E-state index in [-0.39, 0.29) is 0 Å². The summed E-state index contributed by atoms with van der Waals surface area (Å²) >= 11 is 8.74. The van der Waals surface area contributed by atoms with Crippen LogP contribution in [-0.4, -0.2) is 34.0 Å². The normalized spacial score (nSPS) is 10.9. The smallest absolute Gasteiger partial charge is 0.220 e. The molecule has 0 bridgehead atoms. The highest BCUT2D eigenvalue weighted by molar-refractivity contribution is 8.19. The number of fused-ring (bicyclic) bond motifs is 1. The highest BCUT2D eigenvalue weighted by atomic mass is 35.5. The van der Waals surface area contributed by atoms with Crippen molar-refractivity contribution in [2.24, 2.45) is 0 Å². The van der Waals surface area contributed by atoms with Crippen LogP contribution in [0.3, 0.4) is 0 Å². The lowest BCUT2D eigenvalue weighted by atomic mass is 10.3. The van der Waals surface area contributed by atoms with E-state index in [0.29, 0.717) is 15.8 Å². The first-order valence-electron chi connectivity index (χ1n) is 5.13. The van der Waals surface area contributed by atoms with E-state index >= 15 is 0 Å². The maximum atomic E-state index is 10.6. The Kier molecular flexibility index (Phi) is 4.44. The van der Waals surface area contributed by atoms with Crippen molar-refractivity contribution < 1.29 is 8.42 Å². The minimum Gasteiger partial charge on any atom is -0.232 e. The number of nitrogens with zero attached hydrogens (tertiary/aromatic N) is 3. The second-order valence-corrected chi connectivity index (χ2v) is 6.75. The minimum atomic E-state index is -2.24. The van der Waals surface area contributed by atoms with Gasteiger partial charge in [-0.3, -0.25) is 0 Å². The summed E-state index contributed by atoms with van der Waals surface area (Å²) in [4.78, 5) is 5.28. The Bertz CT molecular complexity index is 775. The largest absolute Gasteiger partial charge is 0.232 e. The van der Waals surface area contributed by atoms with Crippen molar-refractivity contribution in [3.8, 4) is 0 Å². The summed E-state index contributed by atoms with van der Waals surface area (Å²) in [6, 6.07) is 0. The molecule has 0 atom stereocenters. The summed E-state index contributed by atoms with van der Waals surface area (Å²) in [7, 11) is -2.24. The summed E-state index contributed by atoms with van der Waals surface area (Å²) in [5.41, 5.74) is 2.34. The van der Waals surface area contributed by atoms with Crippen LogP contribution in [0.2, 0.25) is 5.15 Å².